The molecule has 11 heteroatoms. The zero-order valence-corrected chi connectivity index (χ0v) is 18.6. The van der Waals surface area contributed by atoms with Gasteiger partial charge in [-0.15, -0.1) is 0 Å². The van der Waals surface area contributed by atoms with Gasteiger partial charge in [0.2, 0.25) is 5.91 Å². The number of carbonyl (C=O) groups is 1. The molecule has 3 atom stereocenters. The minimum Gasteiger partial charge on any atom is -0.386 e. The van der Waals surface area contributed by atoms with E-state index < -0.39 is 17.2 Å². The Morgan fingerprint density at radius 1 is 1.31 bits per heavy atom. The van der Waals surface area contributed by atoms with Crippen LogP contribution in [-0.2, 0) is 9.53 Å². The van der Waals surface area contributed by atoms with Crippen LogP contribution in [0.3, 0.4) is 0 Å². The van der Waals surface area contributed by atoms with Gasteiger partial charge in [-0.25, -0.2) is 15.0 Å². The van der Waals surface area contributed by atoms with E-state index in [0.29, 0.717) is 62.3 Å². The zero-order valence-electron chi connectivity index (χ0n) is 18.6. The van der Waals surface area contributed by atoms with Crippen LogP contribution in [0.5, 0.6) is 0 Å². The van der Waals surface area contributed by atoms with Crippen LogP contribution >= 0.6 is 0 Å². The number of hydrogen-bond donors (Lipinski definition) is 4. The van der Waals surface area contributed by atoms with E-state index in [1.807, 2.05) is 9.47 Å². The molecule has 7 N–H and O–H groups in total. The van der Waals surface area contributed by atoms with Crippen LogP contribution in [0.1, 0.15) is 51.5 Å². The summed E-state index contributed by atoms with van der Waals surface area (Å²) in [5.74, 6) is 0.300. The molecular weight excluding hydrogens is 412 g/mol. The Kier molecular flexibility index (Phi) is 6.35. The highest BCUT2D eigenvalue weighted by molar-refractivity contribution is 5.82. The van der Waals surface area contributed by atoms with Crippen molar-refractivity contribution < 1.29 is 14.6 Å². The number of piperidine rings is 1. The highest BCUT2D eigenvalue weighted by Crippen LogP contribution is 2.44. The minimum absolute atomic E-state index is 0.0102. The molecule has 2 fully saturated rings. The molecule has 0 bridgehead atoms. The van der Waals surface area contributed by atoms with Crippen molar-refractivity contribution in [1.82, 2.24) is 24.4 Å². The lowest BCUT2D eigenvalue weighted by atomic mass is 9.77. The number of anilines is 1. The average molecular weight is 447 g/mol. The molecule has 32 heavy (non-hydrogen) atoms. The average Bonchev–Trinajstić information content (AvgIpc) is 3.21. The van der Waals surface area contributed by atoms with Gasteiger partial charge in [-0.1, -0.05) is 6.42 Å². The van der Waals surface area contributed by atoms with Gasteiger partial charge in [-0.3, -0.25) is 4.79 Å². The van der Waals surface area contributed by atoms with Crippen molar-refractivity contribution in [2.75, 3.05) is 32.0 Å². The number of nitrogens with zero attached hydrogens (tertiary/aromatic N) is 5. The molecule has 0 aromatic carbocycles. The first-order chi connectivity index (χ1) is 15.3. The number of carbonyl (C=O) groups excluding carboxylic acids is 1. The van der Waals surface area contributed by atoms with E-state index in [4.69, 9.17) is 21.9 Å². The molecule has 176 valence electrons. The van der Waals surface area contributed by atoms with E-state index in [1.54, 1.807) is 13.3 Å². The number of nitrogens with two attached hydrogens (primary N) is 3. The van der Waals surface area contributed by atoms with E-state index in [9.17, 15) is 9.90 Å². The third-order valence-corrected chi connectivity index (χ3v) is 6.95. The van der Waals surface area contributed by atoms with Crippen LogP contribution in [0, 0.1) is 0 Å². The summed E-state index contributed by atoms with van der Waals surface area (Å²) < 4.78 is 8.11. The molecule has 2 aliphatic rings. The summed E-state index contributed by atoms with van der Waals surface area (Å²) in [4.78, 5) is 27.3. The van der Waals surface area contributed by atoms with Gasteiger partial charge in [0.05, 0.1) is 30.6 Å². The van der Waals surface area contributed by atoms with Gasteiger partial charge < -0.3 is 36.5 Å². The summed E-state index contributed by atoms with van der Waals surface area (Å²) in [6.45, 7) is 3.72. The quantitative estimate of drug-likeness (QED) is 0.443. The molecule has 1 spiro atoms. The minimum atomic E-state index is -1.10. The molecule has 0 aliphatic carbocycles. The van der Waals surface area contributed by atoms with Crippen LogP contribution in [0.4, 0.5) is 5.82 Å². The van der Waals surface area contributed by atoms with Gasteiger partial charge in [0.25, 0.3) is 0 Å². The summed E-state index contributed by atoms with van der Waals surface area (Å²) >= 11 is 0. The van der Waals surface area contributed by atoms with Crippen LogP contribution < -0.4 is 17.2 Å². The van der Waals surface area contributed by atoms with E-state index in [2.05, 4.69) is 15.0 Å². The number of imidazole rings is 1. The Balaban J connectivity index is 1.46. The van der Waals surface area contributed by atoms with Crippen molar-refractivity contribution in [1.29, 1.82) is 0 Å². The van der Waals surface area contributed by atoms with E-state index in [0.717, 1.165) is 12.8 Å². The van der Waals surface area contributed by atoms with Crippen molar-refractivity contribution in [2.45, 2.75) is 68.7 Å². The summed E-state index contributed by atoms with van der Waals surface area (Å²) in [5, 5.41) is 11.1. The Hall–Kier alpha value is -2.34. The SMILES string of the molecule is C[C@]1(O)COC2(CCN(C(=O)[C@@H](N)CCCCN)CC2)C[C@@H]1n1cnc2c(N)ncnc21. The van der Waals surface area contributed by atoms with Crippen LogP contribution in [0.15, 0.2) is 12.7 Å². The molecule has 0 radical (unpaired) electrons. The molecule has 2 aliphatic heterocycles. The number of aliphatic hydroxyl groups is 1. The summed E-state index contributed by atoms with van der Waals surface area (Å²) in [6, 6.07) is -0.782. The number of ether oxygens (including phenoxy) is 1. The van der Waals surface area contributed by atoms with Crippen LogP contribution in [-0.4, -0.2) is 78.9 Å². The highest BCUT2D eigenvalue weighted by Gasteiger charge is 2.50. The fourth-order valence-electron chi connectivity index (χ4n) is 4.87. The molecule has 2 aromatic heterocycles. The molecule has 4 rings (SSSR count). The molecule has 0 unspecified atom stereocenters. The normalized spacial score (nSPS) is 26.5. The third-order valence-electron chi connectivity index (χ3n) is 6.95. The molecule has 1 amide bonds. The van der Waals surface area contributed by atoms with Gasteiger partial charge >= 0.3 is 0 Å². The second-order valence-electron chi connectivity index (χ2n) is 9.35. The lowest BCUT2D eigenvalue weighted by Gasteiger charge is -2.51. The first-order valence-electron chi connectivity index (χ1n) is 11.3. The second-order valence-corrected chi connectivity index (χ2v) is 9.35. The molecule has 2 saturated heterocycles. The maximum atomic E-state index is 12.7. The maximum Gasteiger partial charge on any atom is 0.239 e. The van der Waals surface area contributed by atoms with Crippen molar-refractivity contribution in [3.63, 3.8) is 0 Å². The van der Waals surface area contributed by atoms with Crippen LogP contribution in [0.2, 0.25) is 0 Å². The Morgan fingerprint density at radius 2 is 2.06 bits per heavy atom. The summed E-state index contributed by atoms with van der Waals surface area (Å²) in [7, 11) is 0. The van der Waals surface area contributed by atoms with Gasteiger partial charge in [0, 0.05) is 19.5 Å². The first-order valence-corrected chi connectivity index (χ1v) is 11.3. The molecular formula is C21H34N8O3. The number of nitrogen functional groups attached to an aromatic ring is 1. The fourth-order valence-corrected chi connectivity index (χ4v) is 4.87. The van der Waals surface area contributed by atoms with Gasteiger partial charge in [-0.2, -0.15) is 0 Å². The van der Waals surface area contributed by atoms with E-state index in [1.165, 1.54) is 6.33 Å². The van der Waals surface area contributed by atoms with Crippen molar-refractivity contribution in [2.24, 2.45) is 11.5 Å². The van der Waals surface area contributed by atoms with Crippen LogP contribution in [0.25, 0.3) is 11.2 Å². The zero-order chi connectivity index (χ0) is 22.9. The number of hydrogen-bond acceptors (Lipinski definition) is 9. The molecule has 0 saturated carbocycles. The largest absolute Gasteiger partial charge is 0.386 e. The van der Waals surface area contributed by atoms with E-state index in [-0.39, 0.29) is 18.6 Å². The smallest absolute Gasteiger partial charge is 0.239 e. The second kappa shape index (κ2) is 8.89. The lowest BCUT2D eigenvalue weighted by molar-refractivity contribution is -0.201. The highest BCUT2D eigenvalue weighted by atomic mass is 16.5. The summed E-state index contributed by atoms with van der Waals surface area (Å²) in [5.41, 5.74) is 17.2. The Labute approximate surface area is 187 Å². The standard InChI is InChI=1S/C21H34N8O3/c1-20(31)11-32-21(5-8-28(9-6-21)19(30)14(23)4-2-3-7-22)10-15(20)29-13-27-16-17(24)25-12-26-18(16)29/h12-15,31H,2-11,22-23H2,1H3,(H2,24,25,26)/t14-,15-,20-/m0/s1. The number of rotatable bonds is 6. The number of aromatic nitrogens is 4. The molecule has 4 heterocycles. The van der Waals surface area contributed by atoms with Crippen molar-refractivity contribution >= 4 is 22.9 Å². The van der Waals surface area contributed by atoms with Gasteiger partial charge in [-0.05, 0) is 39.2 Å². The van der Waals surface area contributed by atoms with E-state index >= 15 is 0 Å². The lowest BCUT2D eigenvalue weighted by Crippen LogP contribution is -2.58. The predicted octanol–water partition coefficient (Wildman–Crippen LogP) is -0.0616. The summed E-state index contributed by atoms with van der Waals surface area (Å²) in [6.07, 6.45) is 7.40. The monoisotopic (exact) mass is 446 g/mol. The van der Waals surface area contributed by atoms with Crippen molar-refractivity contribution in [3.8, 4) is 0 Å². The van der Waals surface area contributed by atoms with Crippen molar-refractivity contribution in [3.05, 3.63) is 12.7 Å². The molecule has 11 nitrogen and oxygen atoms in total. The first kappa shape index (κ1) is 22.8. The van der Waals surface area contributed by atoms with Gasteiger partial charge in [0.15, 0.2) is 11.5 Å². The topological polar surface area (TPSA) is 171 Å². The Bertz CT molecular complexity index is 954. The third kappa shape index (κ3) is 4.29. The number of unbranched alkanes of at least 4 members (excludes halogenated alkanes) is 1. The molecule has 2 aromatic rings. The maximum absolute atomic E-state index is 12.7. The number of amides is 1. The number of likely N-dealkylation sites (tertiary alicyclic amines) is 1. The van der Waals surface area contributed by atoms with Gasteiger partial charge in [0.1, 0.15) is 17.4 Å². The predicted molar refractivity (Wildman–Crippen MR) is 119 cm³/mol. The number of fused-ring (bicyclic) bond motifs is 1. The Morgan fingerprint density at radius 3 is 2.78 bits per heavy atom. The fraction of sp³-hybridized carbons (Fsp3) is 0.714.